The number of halogens is 1. The van der Waals surface area contributed by atoms with E-state index in [9.17, 15) is 5.21 Å². The quantitative estimate of drug-likeness (QED) is 0.269. The number of nitrogens with zero attached hydrogens (tertiary/aromatic N) is 1. The first-order valence-electron chi connectivity index (χ1n) is 4.31. The number of hydrogen-bond donors (Lipinski definition) is 2. The van der Waals surface area contributed by atoms with Crippen LogP contribution >= 0.6 is 24.2 Å². The van der Waals surface area contributed by atoms with Gasteiger partial charge in [0, 0.05) is 17.0 Å². The van der Waals surface area contributed by atoms with Gasteiger partial charge in [0.05, 0.1) is 5.39 Å². The highest BCUT2D eigenvalue weighted by Crippen LogP contribution is 2.24. The number of nitrogens with two attached hydrogens (primary N) is 1. The van der Waals surface area contributed by atoms with Crippen LogP contribution in [0.3, 0.4) is 0 Å². The van der Waals surface area contributed by atoms with Crippen LogP contribution in [0.5, 0.6) is 0 Å². The van der Waals surface area contributed by atoms with E-state index in [4.69, 9.17) is 11.1 Å². The van der Waals surface area contributed by atoms with Gasteiger partial charge in [0.25, 0.3) is 0 Å². The summed E-state index contributed by atoms with van der Waals surface area (Å²) in [6.07, 6.45) is 1.42. The zero-order valence-corrected chi connectivity index (χ0v) is 9.85. The molecule has 1 aromatic heterocycles. The highest BCUT2D eigenvalue weighted by molar-refractivity contribution is 8.13. The van der Waals surface area contributed by atoms with Crippen molar-refractivity contribution in [3.8, 4) is 0 Å². The molecule has 2 aromatic rings. The number of thioether (sulfide) groups is 1. The van der Waals surface area contributed by atoms with Crippen molar-refractivity contribution in [1.29, 1.82) is 5.41 Å². The monoisotopic (exact) mass is 255 g/mol. The van der Waals surface area contributed by atoms with Crippen molar-refractivity contribution in [2.45, 2.75) is 4.90 Å². The minimum atomic E-state index is 0. The van der Waals surface area contributed by atoms with Crippen LogP contribution in [0.1, 0.15) is 0 Å². The number of fused-ring (bicyclic) bond motifs is 1. The molecule has 84 valence electrons. The van der Waals surface area contributed by atoms with Crippen LogP contribution in [0.25, 0.3) is 10.9 Å². The van der Waals surface area contributed by atoms with Gasteiger partial charge in [0.2, 0.25) is 5.52 Å². The molecule has 0 radical (unpaired) electrons. The summed E-state index contributed by atoms with van der Waals surface area (Å²) < 4.78 is 0.805. The number of pyridine rings is 1. The largest absolute Gasteiger partial charge is 0.618 e. The van der Waals surface area contributed by atoms with Gasteiger partial charge in [-0.25, -0.2) is 0 Å². The van der Waals surface area contributed by atoms with E-state index in [2.05, 4.69) is 0 Å². The van der Waals surface area contributed by atoms with Gasteiger partial charge < -0.3 is 10.9 Å². The topological polar surface area (TPSA) is 76.8 Å². The summed E-state index contributed by atoms with van der Waals surface area (Å²) in [6.45, 7) is 0. The van der Waals surface area contributed by atoms with E-state index in [0.717, 1.165) is 26.8 Å². The van der Waals surface area contributed by atoms with Gasteiger partial charge in [-0.1, -0.05) is 23.9 Å². The zero-order valence-electron chi connectivity index (χ0n) is 8.21. The number of aromatic nitrogens is 1. The Balaban J connectivity index is 0.00000128. The summed E-state index contributed by atoms with van der Waals surface area (Å²) in [4.78, 5) is 0.824. The van der Waals surface area contributed by atoms with Crippen LogP contribution in [-0.2, 0) is 0 Å². The van der Waals surface area contributed by atoms with Crippen molar-refractivity contribution in [2.75, 3.05) is 0 Å². The molecular formula is C10H10ClN3OS. The molecule has 6 heteroatoms. The molecule has 0 atom stereocenters. The second-order valence-corrected chi connectivity index (χ2v) is 4.07. The lowest BCUT2D eigenvalue weighted by Crippen LogP contribution is -2.26. The van der Waals surface area contributed by atoms with E-state index >= 15 is 0 Å². The smallest absolute Gasteiger partial charge is 0.224 e. The van der Waals surface area contributed by atoms with Gasteiger partial charge in [0.15, 0.2) is 11.4 Å². The first-order valence-corrected chi connectivity index (χ1v) is 5.13. The second-order valence-electron chi connectivity index (χ2n) is 2.99. The Kier molecular flexibility index (Phi) is 3.98. The standard InChI is InChI=1S/C10H9N3OS.ClH/c11-10(12)15-9-5-6-13(14)8-4-2-1-3-7(8)9;/h1-6H,(H3,11,12);1H. The van der Waals surface area contributed by atoms with Crippen molar-refractivity contribution in [3.63, 3.8) is 0 Å². The van der Waals surface area contributed by atoms with Crippen molar-refractivity contribution < 1.29 is 4.73 Å². The molecule has 0 saturated heterocycles. The van der Waals surface area contributed by atoms with E-state index in [-0.39, 0.29) is 17.6 Å². The highest BCUT2D eigenvalue weighted by atomic mass is 35.5. The predicted molar refractivity (Wildman–Crippen MR) is 67.9 cm³/mol. The first kappa shape index (κ1) is 12.6. The zero-order chi connectivity index (χ0) is 10.8. The third kappa shape index (κ3) is 2.37. The van der Waals surface area contributed by atoms with E-state index < -0.39 is 0 Å². The summed E-state index contributed by atoms with van der Waals surface area (Å²) in [5, 5.41) is 19.5. The normalized spacial score (nSPS) is 9.75. The summed E-state index contributed by atoms with van der Waals surface area (Å²) in [7, 11) is 0. The molecule has 0 fully saturated rings. The average Bonchev–Trinajstić information content (AvgIpc) is 2.22. The van der Waals surface area contributed by atoms with E-state index in [1.807, 2.05) is 12.1 Å². The van der Waals surface area contributed by atoms with Crippen molar-refractivity contribution >= 4 is 40.2 Å². The van der Waals surface area contributed by atoms with Gasteiger partial charge in [-0.15, -0.1) is 12.4 Å². The summed E-state index contributed by atoms with van der Waals surface area (Å²) >= 11 is 1.15. The Labute approximate surface area is 103 Å². The Morgan fingerprint density at radius 1 is 1.31 bits per heavy atom. The Morgan fingerprint density at radius 3 is 2.69 bits per heavy atom. The Hall–Kier alpha value is -1.46. The van der Waals surface area contributed by atoms with Gasteiger partial charge in [-0.2, -0.15) is 4.73 Å². The number of rotatable bonds is 1. The third-order valence-electron chi connectivity index (χ3n) is 1.99. The van der Waals surface area contributed by atoms with Gasteiger partial charge in [-0.3, -0.25) is 5.41 Å². The molecule has 4 nitrogen and oxygen atoms in total. The molecule has 3 N–H and O–H groups in total. The SMILES string of the molecule is Cl.N=C(N)Sc1cc[n+]([O-])c2ccccc12. The maximum Gasteiger partial charge on any atom is 0.224 e. The summed E-state index contributed by atoms with van der Waals surface area (Å²) in [5.41, 5.74) is 5.90. The van der Waals surface area contributed by atoms with Crippen LogP contribution < -0.4 is 10.5 Å². The van der Waals surface area contributed by atoms with Crippen LogP contribution in [-0.4, -0.2) is 5.17 Å². The summed E-state index contributed by atoms with van der Waals surface area (Å²) in [5.74, 6) is 0. The molecule has 2 rings (SSSR count). The fraction of sp³-hybridized carbons (Fsp3) is 0. The van der Waals surface area contributed by atoms with Crippen LogP contribution in [0.15, 0.2) is 41.4 Å². The number of benzene rings is 1. The molecule has 0 aliphatic heterocycles. The van der Waals surface area contributed by atoms with Gasteiger partial charge in [0.1, 0.15) is 0 Å². The number of hydrogen-bond acceptors (Lipinski definition) is 3. The number of amidine groups is 1. The van der Waals surface area contributed by atoms with E-state index in [1.165, 1.54) is 6.20 Å². The lowest BCUT2D eigenvalue weighted by molar-refractivity contribution is -0.577. The average molecular weight is 256 g/mol. The van der Waals surface area contributed by atoms with Crippen molar-refractivity contribution in [1.82, 2.24) is 0 Å². The molecule has 0 aliphatic carbocycles. The molecule has 0 aliphatic rings. The van der Waals surface area contributed by atoms with Crippen molar-refractivity contribution in [2.24, 2.45) is 5.73 Å². The number of para-hydroxylation sites is 1. The molecule has 0 spiro atoms. The molecule has 0 unspecified atom stereocenters. The van der Waals surface area contributed by atoms with Crippen LogP contribution in [0.2, 0.25) is 0 Å². The van der Waals surface area contributed by atoms with Crippen molar-refractivity contribution in [3.05, 3.63) is 41.7 Å². The van der Waals surface area contributed by atoms with E-state index in [1.54, 1.807) is 18.2 Å². The molecule has 16 heavy (non-hydrogen) atoms. The first-order chi connectivity index (χ1) is 7.18. The second kappa shape index (κ2) is 5.05. The van der Waals surface area contributed by atoms with Crippen LogP contribution in [0.4, 0.5) is 0 Å². The molecule has 0 amide bonds. The van der Waals surface area contributed by atoms with Gasteiger partial charge >= 0.3 is 0 Å². The maximum absolute atomic E-state index is 11.4. The Morgan fingerprint density at radius 2 is 2.00 bits per heavy atom. The fourth-order valence-electron chi connectivity index (χ4n) is 1.39. The predicted octanol–water partition coefficient (Wildman–Crippen LogP) is 1.88. The van der Waals surface area contributed by atoms with Gasteiger partial charge in [-0.05, 0) is 6.07 Å². The molecule has 0 saturated carbocycles. The fourth-order valence-corrected chi connectivity index (χ4v) is 2.04. The van der Waals surface area contributed by atoms with E-state index in [0.29, 0.717) is 5.52 Å². The lowest BCUT2D eigenvalue weighted by Gasteiger charge is -2.05. The lowest BCUT2D eigenvalue weighted by atomic mass is 10.2. The molecular weight excluding hydrogens is 246 g/mol. The minimum absolute atomic E-state index is 0. The molecule has 1 aromatic carbocycles. The summed E-state index contributed by atoms with van der Waals surface area (Å²) in [6, 6.07) is 8.91. The van der Waals surface area contributed by atoms with Crippen LogP contribution in [0, 0.1) is 10.6 Å². The highest BCUT2D eigenvalue weighted by Gasteiger charge is 2.08. The number of nitrogens with one attached hydrogen (secondary N) is 1. The maximum atomic E-state index is 11.4. The molecule has 0 bridgehead atoms. The minimum Gasteiger partial charge on any atom is -0.618 e. The third-order valence-corrected chi connectivity index (χ3v) is 2.78. The Bertz CT molecular complexity index is 532. The molecule has 1 heterocycles.